The van der Waals surface area contributed by atoms with Crippen LogP contribution < -0.4 is 0 Å². The van der Waals surface area contributed by atoms with Crippen LogP contribution >= 0.6 is 0 Å². The largest absolute Gasteiger partial charge is 0.456 e. The van der Waals surface area contributed by atoms with Crippen LogP contribution in [0.2, 0.25) is 0 Å². The van der Waals surface area contributed by atoms with Crippen molar-refractivity contribution in [3.63, 3.8) is 0 Å². The van der Waals surface area contributed by atoms with Gasteiger partial charge in [0.05, 0.1) is 43.9 Å². The lowest BCUT2D eigenvalue weighted by atomic mass is 9.84. The molecule has 53 heavy (non-hydrogen) atoms. The van der Waals surface area contributed by atoms with Crippen molar-refractivity contribution in [3.8, 4) is 44.5 Å². The molecule has 0 fully saturated rings. The zero-order valence-electron chi connectivity index (χ0n) is 58.4. The third-order valence-electron chi connectivity index (χ3n) is 8.57. The zero-order chi connectivity index (χ0) is 62.7. The summed E-state index contributed by atoms with van der Waals surface area (Å²) in [5.41, 5.74) is -7.54. The predicted molar refractivity (Wildman–Crippen MR) is 225 cm³/mol. The van der Waals surface area contributed by atoms with E-state index in [-0.39, 0.29) is 0 Å². The highest BCUT2D eigenvalue weighted by Gasteiger charge is 2.18. The summed E-state index contributed by atoms with van der Waals surface area (Å²) in [5.74, 6) is 0. The second kappa shape index (κ2) is 11.8. The molecule has 0 N–H and O–H groups in total. The Labute approximate surface area is 352 Å². The average molecular weight is 705 g/mol. The lowest BCUT2D eigenvalue weighted by molar-refractivity contribution is 0.669. The van der Waals surface area contributed by atoms with Crippen LogP contribution in [0, 0.1) is 0 Å². The molecular formula is C52H32O. The lowest BCUT2D eigenvalue weighted by Crippen LogP contribution is -1.92. The van der Waals surface area contributed by atoms with Gasteiger partial charge in [0.1, 0.15) is 11.2 Å². The molecule has 0 saturated heterocycles. The standard InChI is InChI=1S/C52H32O/c1-2-11-33(12-3-1)38-24-27-42-48-31-37(25-28-49(48)53-50(42)32-38)36-23-26-41-39(29-36)15-10-20-43(41)52-46-18-8-6-16-44(46)51(45-17-7-9-19-47(45)52)40-22-21-34-13-4-5-14-35(34)30-40/h1-32H/i1D,2D,3D,4D,5D,6D,7D,8D,9D,10D,11D,12D,13D,14D,15D,16D,17D,18D,19D,20D,21D,22D,23D,24D,25D,26D,27D,28D,29D,30D,31D,32D. The molecule has 1 heterocycles. The smallest absolute Gasteiger partial charge is 0.136 e. The Balaban J connectivity index is 1.32. The van der Waals surface area contributed by atoms with Crippen LogP contribution in [0.15, 0.2) is 198 Å². The predicted octanol–water partition coefficient (Wildman–Crippen LogP) is 14.9. The number of furan rings is 1. The van der Waals surface area contributed by atoms with E-state index in [0.717, 1.165) is 0 Å². The quantitative estimate of drug-likeness (QED) is 0.166. The van der Waals surface area contributed by atoms with E-state index in [0.29, 0.717) is 0 Å². The Hall–Kier alpha value is -6.96. The average Bonchev–Trinajstić information content (AvgIpc) is 1.00. The van der Waals surface area contributed by atoms with Gasteiger partial charge in [-0.3, -0.25) is 0 Å². The van der Waals surface area contributed by atoms with Crippen LogP contribution in [-0.4, -0.2) is 0 Å². The van der Waals surface area contributed by atoms with Crippen LogP contribution in [0.5, 0.6) is 0 Å². The van der Waals surface area contributed by atoms with Gasteiger partial charge in [0.15, 0.2) is 0 Å². The molecule has 11 aromatic rings. The highest BCUT2D eigenvalue weighted by molar-refractivity contribution is 6.24. The maximum atomic E-state index is 9.79. The molecule has 0 amide bonds. The fourth-order valence-electron chi connectivity index (χ4n) is 6.27. The van der Waals surface area contributed by atoms with Gasteiger partial charge in [0.25, 0.3) is 0 Å². The second-order valence-corrected chi connectivity index (χ2v) is 11.5. The Morgan fingerprint density at radius 1 is 0.283 bits per heavy atom. The molecule has 1 nitrogen and oxygen atoms in total. The van der Waals surface area contributed by atoms with Gasteiger partial charge < -0.3 is 4.42 Å². The number of hydrogen-bond acceptors (Lipinski definition) is 1. The molecule has 0 aliphatic carbocycles. The van der Waals surface area contributed by atoms with Crippen molar-refractivity contribution in [1.82, 2.24) is 0 Å². The molecule has 0 radical (unpaired) electrons. The van der Waals surface area contributed by atoms with Gasteiger partial charge in [-0.05, 0) is 124 Å². The molecule has 246 valence electrons. The summed E-state index contributed by atoms with van der Waals surface area (Å²) in [4.78, 5) is 0. The fourth-order valence-corrected chi connectivity index (χ4v) is 6.27. The minimum Gasteiger partial charge on any atom is -0.456 e. The summed E-state index contributed by atoms with van der Waals surface area (Å²) in [6, 6.07) is -30.7. The van der Waals surface area contributed by atoms with Crippen LogP contribution in [0.4, 0.5) is 0 Å². The van der Waals surface area contributed by atoms with E-state index in [2.05, 4.69) is 0 Å². The first-order valence-corrected chi connectivity index (χ1v) is 15.7. The van der Waals surface area contributed by atoms with Crippen LogP contribution in [-0.2, 0) is 0 Å². The first-order valence-electron chi connectivity index (χ1n) is 31.7. The van der Waals surface area contributed by atoms with Gasteiger partial charge in [-0.2, -0.15) is 0 Å². The van der Waals surface area contributed by atoms with Crippen molar-refractivity contribution < 1.29 is 48.3 Å². The van der Waals surface area contributed by atoms with E-state index in [1.807, 2.05) is 0 Å². The molecule has 1 aromatic heterocycles. The summed E-state index contributed by atoms with van der Waals surface area (Å²) in [6.45, 7) is 0. The Morgan fingerprint density at radius 2 is 0.849 bits per heavy atom. The highest BCUT2D eigenvalue weighted by Crippen LogP contribution is 2.46. The Morgan fingerprint density at radius 3 is 1.62 bits per heavy atom. The van der Waals surface area contributed by atoms with Gasteiger partial charge in [-0.1, -0.05) is 157 Å². The van der Waals surface area contributed by atoms with Gasteiger partial charge >= 0.3 is 0 Å². The van der Waals surface area contributed by atoms with Crippen LogP contribution in [0.1, 0.15) is 43.9 Å². The monoisotopic (exact) mass is 704 g/mol. The SMILES string of the molecule is [2H]c1c([2H])c([2H])c(-c2c([2H])c([2H])c3c(oc4c([2H])c([2H])c(-c5c([2H])c([2H])c6c(-c7c8c([2H])c([2H])c([2H])c([2H])c8c(-c8c([2H])c([2H])c9c([2H])c([2H])c([2H])c([2H])c9c8[2H])c8c([2H])c([2H])c([2H])c([2H])c78)c([2H])c([2H])c([2H])c6c5[2H])c([2H])c43)c2[2H])c([2H])c1[2H]. The van der Waals surface area contributed by atoms with Gasteiger partial charge in [0, 0.05) is 10.8 Å². The maximum absolute atomic E-state index is 9.79. The topological polar surface area (TPSA) is 13.1 Å². The molecule has 0 unspecified atom stereocenters. The number of hydrogen-bond donors (Lipinski definition) is 0. The zero-order valence-corrected chi connectivity index (χ0v) is 26.4. The Kier molecular flexibility index (Phi) is 2.68. The molecule has 0 bridgehead atoms. The third-order valence-corrected chi connectivity index (χ3v) is 8.57. The van der Waals surface area contributed by atoms with Crippen molar-refractivity contribution in [2.75, 3.05) is 0 Å². The van der Waals surface area contributed by atoms with E-state index < -0.39 is 303 Å². The van der Waals surface area contributed by atoms with E-state index in [9.17, 15) is 19.2 Å². The van der Waals surface area contributed by atoms with Gasteiger partial charge in [-0.25, -0.2) is 0 Å². The van der Waals surface area contributed by atoms with Gasteiger partial charge in [-0.15, -0.1) is 0 Å². The second-order valence-electron chi connectivity index (χ2n) is 11.5. The number of benzene rings is 10. The molecule has 11 rings (SSSR count). The van der Waals surface area contributed by atoms with Crippen molar-refractivity contribution in [1.29, 1.82) is 0 Å². The first-order chi connectivity index (χ1) is 39.6. The maximum Gasteiger partial charge on any atom is 0.136 e. The molecule has 10 aromatic carbocycles. The molecule has 0 aliphatic heterocycles. The van der Waals surface area contributed by atoms with Crippen molar-refractivity contribution in [3.05, 3.63) is 193 Å². The van der Waals surface area contributed by atoms with Crippen LogP contribution in [0.3, 0.4) is 0 Å². The summed E-state index contributed by atoms with van der Waals surface area (Å²) in [5, 5.41) is -7.19. The molecule has 0 aliphatic rings. The molecule has 1 heteroatoms. The molecule has 0 atom stereocenters. The summed E-state index contributed by atoms with van der Waals surface area (Å²) in [6.07, 6.45) is 0. The van der Waals surface area contributed by atoms with Crippen molar-refractivity contribution >= 4 is 65.0 Å². The summed E-state index contributed by atoms with van der Waals surface area (Å²) < 4.78 is 296. The highest BCUT2D eigenvalue weighted by atomic mass is 16.3. The molecular weight excluding hydrogens is 641 g/mol. The minimum atomic E-state index is -1.11. The summed E-state index contributed by atoms with van der Waals surface area (Å²) in [7, 11) is 0. The van der Waals surface area contributed by atoms with E-state index >= 15 is 0 Å². The minimum absolute atomic E-state index is 0.542. The summed E-state index contributed by atoms with van der Waals surface area (Å²) >= 11 is 0. The number of fused-ring (bicyclic) bond motifs is 7. The lowest BCUT2D eigenvalue weighted by Gasteiger charge is -2.19. The molecule has 0 saturated carbocycles. The van der Waals surface area contributed by atoms with Crippen LogP contribution in [0.25, 0.3) is 110 Å². The van der Waals surface area contributed by atoms with E-state index in [1.54, 1.807) is 0 Å². The Bertz CT molecular complexity index is 4970. The number of rotatable bonds is 4. The van der Waals surface area contributed by atoms with E-state index in [4.69, 9.17) is 29.1 Å². The van der Waals surface area contributed by atoms with E-state index in [1.165, 1.54) is 0 Å². The van der Waals surface area contributed by atoms with Crippen molar-refractivity contribution in [2.24, 2.45) is 0 Å². The third kappa shape index (κ3) is 4.79. The first kappa shape index (κ1) is 12.0. The van der Waals surface area contributed by atoms with Gasteiger partial charge in [0.2, 0.25) is 0 Å². The molecule has 0 spiro atoms. The van der Waals surface area contributed by atoms with Crippen molar-refractivity contribution in [2.45, 2.75) is 0 Å². The normalized spacial score (nSPS) is 20.2. The fraction of sp³-hybridized carbons (Fsp3) is 0.